The highest BCUT2D eigenvalue weighted by molar-refractivity contribution is 6.00. The Bertz CT molecular complexity index is 1190. The Balaban J connectivity index is 1.66. The van der Waals surface area contributed by atoms with Gasteiger partial charge in [0.1, 0.15) is 5.69 Å². The van der Waals surface area contributed by atoms with Crippen molar-refractivity contribution in [3.8, 4) is 16.9 Å². The fourth-order valence-electron chi connectivity index (χ4n) is 2.88. The van der Waals surface area contributed by atoms with Crippen molar-refractivity contribution in [2.45, 2.75) is 0 Å². The van der Waals surface area contributed by atoms with E-state index in [4.69, 9.17) is 0 Å². The number of para-hydroxylation sites is 1. The first-order valence-corrected chi connectivity index (χ1v) is 8.95. The Labute approximate surface area is 169 Å². The molecule has 4 aromatic rings. The van der Waals surface area contributed by atoms with Gasteiger partial charge < -0.3 is 0 Å². The molecule has 0 aliphatic rings. The summed E-state index contributed by atoms with van der Waals surface area (Å²) in [5.74, 6) is -5.00. The largest absolute Gasteiger partial charge is 0.295 e. The van der Waals surface area contributed by atoms with Gasteiger partial charge in [0.05, 0.1) is 16.9 Å². The molecule has 0 saturated carbocycles. The maximum Gasteiger partial charge on any atom is 0.273 e. The van der Waals surface area contributed by atoms with E-state index in [0.29, 0.717) is 11.3 Å². The van der Waals surface area contributed by atoms with Crippen molar-refractivity contribution in [3.63, 3.8) is 0 Å². The van der Waals surface area contributed by atoms with E-state index in [-0.39, 0.29) is 5.56 Å². The molecule has 0 fully saturated rings. The Morgan fingerprint density at radius 1 is 0.833 bits per heavy atom. The zero-order valence-electron chi connectivity index (χ0n) is 15.4. The van der Waals surface area contributed by atoms with Crippen molar-refractivity contribution in [2.24, 2.45) is 0 Å². The van der Waals surface area contributed by atoms with Crippen LogP contribution in [-0.4, -0.2) is 15.7 Å². The number of nitrogens with one attached hydrogen (secondary N) is 2. The zero-order valence-corrected chi connectivity index (χ0v) is 15.4. The lowest BCUT2D eigenvalue weighted by Gasteiger charge is -2.10. The van der Waals surface area contributed by atoms with Gasteiger partial charge >= 0.3 is 0 Å². The van der Waals surface area contributed by atoms with Crippen LogP contribution in [0, 0.1) is 17.5 Å². The summed E-state index contributed by atoms with van der Waals surface area (Å²) in [6.07, 6.45) is 1.54. The monoisotopic (exact) mass is 408 g/mol. The number of hydrogen-bond donors (Lipinski definition) is 2. The fraction of sp³-hybridized carbons (Fsp3) is 0. The van der Waals surface area contributed by atoms with Crippen LogP contribution in [0.2, 0.25) is 0 Å². The van der Waals surface area contributed by atoms with Gasteiger partial charge in [-0.05, 0) is 24.3 Å². The van der Waals surface area contributed by atoms with Gasteiger partial charge in [0.2, 0.25) is 0 Å². The summed E-state index contributed by atoms with van der Waals surface area (Å²) < 4.78 is 41.9. The molecule has 0 bridgehead atoms. The lowest BCUT2D eigenvalue weighted by molar-refractivity contribution is 0.0963. The number of anilines is 1. The van der Waals surface area contributed by atoms with E-state index in [0.717, 1.165) is 17.8 Å². The van der Waals surface area contributed by atoms with Crippen LogP contribution in [0.5, 0.6) is 0 Å². The minimum absolute atomic E-state index is 0.209. The summed E-state index contributed by atoms with van der Waals surface area (Å²) in [4.78, 5) is 12.8. The summed E-state index contributed by atoms with van der Waals surface area (Å²) in [5.41, 5.74) is 6.26. The van der Waals surface area contributed by atoms with Crippen LogP contribution < -0.4 is 10.9 Å². The maximum absolute atomic E-state index is 13.8. The molecular formula is C22H15F3N4O. The molecule has 0 aliphatic carbocycles. The lowest BCUT2D eigenvalue weighted by atomic mass is 10.1. The first kappa shape index (κ1) is 19.3. The van der Waals surface area contributed by atoms with Gasteiger partial charge in [-0.2, -0.15) is 5.10 Å². The van der Waals surface area contributed by atoms with Crippen LogP contribution in [0.3, 0.4) is 0 Å². The third-order valence-electron chi connectivity index (χ3n) is 4.37. The molecule has 0 aliphatic heterocycles. The fourth-order valence-corrected chi connectivity index (χ4v) is 2.88. The van der Waals surface area contributed by atoms with Crippen molar-refractivity contribution in [1.29, 1.82) is 0 Å². The molecule has 8 heteroatoms. The molecule has 0 saturated heterocycles. The van der Waals surface area contributed by atoms with Crippen molar-refractivity contribution in [2.75, 3.05) is 5.43 Å². The second-order valence-corrected chi connectivity index (χ2v) is 6.34. The van der Waals surface area contributed by atoms with Crippen molar-refractivity contribution < 1.29 is 18.0 Å². The average Bonchev–Trinajstić information content (AvgIpc) is 3.24. The predicted molar refractivity (Wildman–Crippen MR) is 106 cm³/mol. The molecule has 150 valence electrons. The van der Waals surface area contributed by atoms with E-state index < -0.39 is 29.0 Å². The van der Waals surface area contributed by atoms with Crippen molar-refractivity contribution >= 4 is 11.6 Å². The summed E-state index contributed by atoms with van der Waals surface area (Å²) in [5, 5.41) is 4.51. The molecule has 3 aromatic carbocycles. The second kappa shape index (κ2) is 8.12. The number of benzene rings is 3. The Morgan fingerprint density at radius 2 is 1.50 bits per heavy atom. The molecule has 1 heterocycles. The van der Waals surface area contributed by atoms with E-state index in [9.17, 15) is 18.0 Å². The standard InChI is InChI=1S/C22H15F3N4O/c23-17-11-12-18(20(25)19(17)24)26-27-22(30)16-13-29(15-9-5-2-6-10-15)28-21(16)14-7-3-1-4-8-14/h1-13,26H,(H,27,30). The van der Waals surface area contributed by atoms with E-state index in [1.807, 2.05) is 48.5 Å². The molecule has 1 amide bonds. The van der Waals surface area contributed by atoms with E-state index in [1.165, 1.54) is 6.20 Å². The number of nitrogens with zero attached hydrogens (tertiary/aromatic N) is 2. The normalized spacial score (nSPS) is 10.6. The summed E-state index contributed by atoms with van der Waals surface area (Å²) in [6, 6.07) is 20.0. The number of amides is 1. The highest BCUT2D eigenvalue weighted by Gasteiger charge is 2.20. The summed E-state index contributed by atoms with van der Waals surface area (Å²) in [6.45, 7) is 0. The van der Waals surface area contributed by atoms with Crippen LogP contribution >= 0.6 is 0 Å². The smallest absolute Gasteiger partial charge is 0.273 e. The first-order chi connectivity index (χ1) is 14.5. The molecule has 0 unspecified atom stereocenters. The van der Waals surface area contributed by atoms with Crippen LogP contribution in [0.25, 0.3) is 16.9 Å². The molecule has 2 N–H and O–H groups in total. The van der Waals surface area contributed by atoms with Gasteiger partial charge in [-0.25, -0.2) is 17.9 Å². The number of aromatic nitrogens is 2. The van der Waals surface area contributed by atoms with Crippen LogP contribution in [0.1, 0.15) is 10.4 Å². The quantitative estimate of drug-likeness (QED) is 0.371. The van der Waals surface area contributed by atoms with E-state index in [2.05, 4.69) is 16.0 Å². The minimum atomic E-state index is -1.63. The molecule has 4 rings (SSSR count). The third kappa shape index (κ3) is 3.75. The molecule has 0 spiro atoms. The van der Waals surface area contributed by atoms with E-state index >= 15 is 0 Å². The van der Waals surface area contributed by atoms with Gasteiger partial charge in [-0.1, -0.05) is 48.5 Å². The molecule has 30 heavy (non-hydrogen) atoms. The van der Waals surface area contributed by atoms with Gasteiger partial charge in [0.15, 0.2) is 17.5 Å². The number of hydrogen-bond acceptors (Lipinski definition) is 3. The van der Waals surface area contributed by atoms with Crippen LogP contribution in [0.4, 0.5) is 18.9 Å². The van der Waals surface area contributed by atoms with Crippen molar-refractivity contribution in [3.05, 3.63) is 102 Å². The number of halogens is 3. The van der Waals surface area contributed by atoms with Gasteiger partial charge in [-0.15, -0.1) is 0 Å². The van der Waals surface area contributed by atoms with Gasteiger partial charge in [0, 0.05) is 11.8 Å². The molecular weight excluding hydrogens is 393 g/mol. The van der Waals surface area contributed by atoms with Gasteiger partial charge in [-0.3, -0.25) is 15.6 Å². The molecule has 0 atom stereocenters. The topological polar surface area (TPSA) is 59.0 Å². The summed E-state index contributed by atoms with van der Waals surface area (Å²) >= 11 is 0. The van der Waals surface area contributed by atoms with Crippen LogP contribution in [0.15, 0.2) is 79.0 Å². The van der Waals surface area contributed by atoms with E-state index in [1.54, 1.807) is 16.8 Å². The number of carbonyl (C=O) groups excluding carboxylic acids is 1. The molecule has 1 aromatic heterocycles. The Morgan fingerprint density at radius 3 is 2.20 bits per heavy atom. The minimum Gasteiger partial charge on any atom is -0.295 e. The molecule has 5 nitrogen and oxygen atoms in total. The van der Waals surface area contributed by atoms with Crippen molar-refractivity contribution in [1.82, 2.24) is 15.2 Å². The highest BCUT2D eigenvalue weighted by atomic mass is 19.2. The maximum atomic E-state index is 13.8. The highest BCUT2D eigenvalue weighted by Crippen LogP contribution is 2.24. The average molecular weight is 408 g/mol. The Kier molecular flexibility index (Phi) is 5.21. The Hall–Kier alpha value is -4.07. The number of rotatable bonds is 5. The first-order valence-electron chi connectivity index (χ1n) is 8.95. The molecule has 0 radical (unpaired) electrons. The number of hydrazine groups is 1. The predicted octanol–water partition coefficient (Wildman–Crippen LogP) is 4.71. The number of carbonyl (C=O) groups is 1. The van der Waals surface area contributed by atoms with Crippen LogP contribution in [-0.2, 0) is 0 Å². The zero-order chi connectivity index (χ0) is 21.1. The lowest BCUT2D eigenvalue weighted by Crippen LogP contribution is -2.30. The SMILES string of the molecule is O=C(NNc1ccc(F)c(F)c1F)c1cn(-c2ccccc2)nc1-c1ccccc1. The summed E-state index contributed by atoms with van der Waals surface area (Å²) in [7, 11) is 0. The third-order valence-corrected chi connectivity index (χ3v) is 4.37. The van der Waals surface area contributed by atoms with Gasteiger partial charge in [0.25, 0.3) is 5.91 Å². The second-order valence-electron chi connectivity index (χ2n) is 6.34.